The number of amides is 1. The molecule has 0 fully saturated rings. The molecule has 19 heavy (non-hydrogen) atoms. The van der Waals surface area contributed by atoms with Gasteiger partial charge in [-0.1, -0.05) is 17.7 Å². The summed E-state index contributed by atoms with van der Waals surface area (Å²) in [6.45, 7) is 4.59. The highest BCUT2D eigenvalue weighted by molar-refractivity contribution is 7.09. The third-order valence-electron chi connectivity index (χ3n) is 2.79. The van der Waals surface area contributed by atoms with Crippen molar-refractivity contribution < 1.29 is 4.79 Å². The fourth-order valence-corrected chi connectivity index (χ4v) is 2.64. The average Bonchev–Trinajstić information content (AvgIpc) is 2.88. The molecule has 0 aliphatic carbocycles. The van der Waals surface area contributed by atoms with Crippen LogP contribution >= 0.6 is 22.9 Å². The zero-order valence-corrected chi connectivity index (χ0v) is 12.4. The van der Waals surface area contributed by atoms with Crippen LogP contribution in [0.2, 0.25) is 5.02 Å². The minimum Gasteiger partial charge on any atom is -0.331 e. The molecule has 2 aromatic rings. The second-order valence-corrected chi connectivity index (χ2v) is 5.90. The molecular formula is C14H15ClN2OS. The van der Waals surface area contributed by atoms with Crippen molar-refractivity contribution in [1.29, 1.82) is 0 Å². The average molecular weight is 295 g/mol. The van der Waals surface area contributed by atoms with Gasteiger partial charge in [0.15, 0.2) is 0 Å². The van der Waals surface area contributed by atoms with Crippen LogP contribution in [0.4, 0.5) is 0 Å². The van der Waals surface area contributed by atoms with Gasteiger partial charge in [-0.25, -0.2) is 0 Å². The first-order chi connectivity index (χ1) is 9.09. The van der Waals surface area contributed by atoms with Crippen LogP contribution in [0.25, 0.3) is 0 Å². The maximum Gasteiger partial charge on any atom is 0.257 e. The lowest BCUT2D eigenvalue weighted by Crippen LogP contribution is -2.36. The molecule has 0 aliphatic rings. The number of nitrogens with zero attached hydrogens (tertiary/aromatic N) is 2. The summed E-state index contributed by atoms with van der Waals surface area (Å²) >= 11 is 7.71. The summed E-state index contributed by atoms with van der Waals surface area (Å²) in [5.74, 6) is -0.0819. The molecule has 0 saturated heterocycles. The van der Waals surface area contributed by atoms with Gasteiger partial charge in [-0.05, 0) is 31.4 Å². The Balaban J connectivity index is 2.24. The molecule has 0 unspecified atom stereocenters. The summed E-state index contributed by atoms with van der Waals surface area (Å²) in [7, 11) is 0. The largest absolute Gasteiger partial charge is 0.331 e. The number of rotatable bonds is 4. The quantitative estimate of drug-likeness (QED) is 0.858. The van der Waals surface area contributed by atoms with Crippen LogP contribution in [0.15, 0.2) is 36.0 Å². The van der Waals surface area contributed by atoms with Gasteiger partial charge in [0.25, 0.3) is 5.91 Å². The lowest BCUT2D eigenvalue weighted by atomic mass is 10.2. The highest BCUT2D eigenvalue weighted by atomic mass is 35.5. The molecule has 0 aliphatic heterocycles. The Morgan fingerprint density at radius 1 is 1.47 bits per heavy atom. The third-order valence-corrected chi connectivity index (χ3v) is 3.98. The zero-order valence-electron chi connectivity index (χ0n) is 10.8. The van der Waals surface area contributed by atoms with E-state index in [4.69, 9.17) is 11.6 Å². The maximum atomic E-state index is 12.5. The molecule has 3 nitrogen and oxygen atoms in total. The van der Waals surface area contributed by atoms with E-state index in [2.05, 4.69) is 4.98 Å². The first kappa shape index (κ1) is 14.0. The lowest BCUT2D eigenvalue weighted by Gasteiger charge is -2.26. The molecule has 5 heteroatoms. The number of hydrogen-bond acceptors (Lipinski definition) is 3. The molecule has 0 aromatic carbocycles. The first-order valence-electron chi connectivity index (χ1n) is 6.02. The molecule has 2 rings (SSSR count). The highest BCUT2D eigenvalue weighted by Crippen LogP contribution is 2.20. The third kappa shape index (κ3) is 3.33. The van der Waals surface area contributed by atoms with E-state index in [1.807, 2.05) is 31.4 Å². The van der Waals surface area contributed by atoms with Crippen molar-refractivity contribution in [3.8, 4) is 0 Å². The van der Waals surface area contributed by atoms with E-state index in [0.717, 1.165) is 4.88 Å². The Morgan fingerprint density at radius 2 is 2.26 bits per heavy atom. The van der Waals surface area contributed by atoms with Crippen molar-refractivity contribution in [2.75, 3.05) is 0 Å². The Kier molecular flexibility index (Phi) is 4.56. The fourth-order valence-electron chi connectivity index (χ4n) is 1.75. The second-order valence-electron chi connectivity index (χ2n) is 4.46. The summed E-state index contributed by atoms with van der Waals surface area (Å²) in [5.41, 5.74) is 0.453. The summed E-state index contributed by atoms with van der Waals surface area (Å²) < 4.78 is 0. The maximum absolute atomic E-state index is 12.5. The van der Waals surface area contributed by atoms with E-state index in [-0.39, 0.29) is 11.9 Å². The SMILES string of the molecule is CC(C)N(Cc1cccs1)C(=O)c1cnccc1Cl. The Bertz CT molecular complexity index is 554. The van der Waals surface area contributed by atoms with Gasteiger partial charge in [0, 0.05) is 23.3 Å². The standard InChI is InChI=1S/C14H15ClN2OS/c1-10(2)17(9-11-4-3-7-19-11)14(18)12-8-16-6-5-13(12)15/h3-8,10H,9H2,1-2H3. The van der Waals surface area contributed by atoms with E-state index >= 15 is 0 Å². The van der Waals surface area contributed by atoms with E-state index < -0.39 is 0 Å². The van der Waals surface area contributed by atoms with Gasteiger partial charge < -0.3 is 4.90 Å². The topological polar surface area (TPSA) is 33.2 Å². The van der Waals surface area contributed by atoms with E-state index in [1.165, 1.54) is 6.20 Å². The number of hydrogen-bond donors (Lipinski definition) is 0. The first-order valence-corrected chi connectivity index (χ1v) is 7.28. The monoisotopic (exact) mass is 294 g/mol. The minimum atomic E-state index is -0.0819. The molecule has 0 atom stereocenters. The summed E-state index contributed by atoms with van der Waals surface area (Å²) in [4.78, 5) is 19.5. The van der Waals surface area contributed by atoms with Gasteiger partial charge >= 0.3 is 0 Å². The molecule has 2 aromatic heterocycles. The van der Waals surface area contributed by atoms with Crippen molar-refractivity contribution in [3.05, 3.63) is 51.4 Å². The predicted molar refractivity (Wildman–Crippen MR) is 78.6 cm³/mol. The normalized spacial score (nSPS) is 10.7. The smallest absolute Gasteiger partial charge is 0.257 e. The number of carbonyl (C=O) groups excluding carboxylic acids is 1. The Morgan fingerprint density at radius 3 is 2.84 bits per heavy atom. The number of pyridine rings is 1. The predicted octanol–water partition coefficient (Wildman–Crippen LogP) is 3.85. The van der Waals surface area contributed by atoms with Crippen LogP contribution in [-0.4, -0.2) is 21.8 Å². The van der Waals surface area contributed by atoms with E-state index in [9.17, 15) is 4.79 Å². The zero-order chi connectivity index (χ0) is 13.8. The molecular weight excluding hydrogens is 280 g/mol. The molecule has 100 valence electrons. The molecule has 0 spiro atoms. The Hall–Kier alpha value is -1.39. The fraction of sp³-hybridized carbons (Fsp3) is 0.286. The van der Waals surface area contributed by atoms with E-state index in [1.54, 1.807) is 28.5 Å². The molecule has 1 amide bonds. The summed E-state index contributed by atoms with van der Waals surface area (Å²) in [6.07, 6.45) is 3.10. The number of thiophene rings is 1. The second kappa shape index (κ2) is 6.17. The van der Waals surface area contributed by atoms with Gasteiger partial charge in [-0.2, -0.15) is 0 Å². The lowest BCUT2D eigenvalue weighted by molar-refractivity contribution is 0.0692. The molecule has 2 heterocycles. The van der Waals surface area contributed by atoms with Crippen LogP contribution in [-0.2, 0) is 6.54 Å². The van der Waals surface area contributed by atoms with Gasteiger partial charge in [-0.15, -0.1) is 11.3 Å². The van der Waals surface area contributed by atoms with Crippen molar-refractivity contribution in [3.63, 3.8) is 0 Å². The van der Waals surface area contributed by atoms with E-state index in [0.29, 0.717) is 17.1 Å². The van der Waals surface area contributed by atoms with Crippen molar-refractivity contribution >= 4 is 28.8 Å². The summed E-state index contributed by atoms with van der Waals surface area (Å²) in [5, 5.41) is 2.45. The van der Waals surface area contributed by atoms with Crippen molar-refractivity contribution in [2.45, 2.75) is 26.4 Å². The van der Waals surface area contributed by atoms with Crippen LogP contribution in [0.3, 0.4) is 0 Å². The highest BCUT2D eigenvalue weighted by Gasteiger charge is 2.21. The van der Waals surface area contributed by atoms with Crippen molar-refractivity contribution in [2.24, 2.45) is 0 Å². The van der Waals surface area contributed by atoms with Crippen LogP contribution in [0, 0.1) is 0 Å². The number of aromatic nitrogens is 1. The van der Waals surface area contributed by atoms with Gasteiger partial charge in [-0.3, -0.25) is 9.78 Å². The molecule has 0 bridgehead atoms. The number of halogens is 1. The molecule has 0 N–H and O–H groups in total. The minimum absolute atomic E-state index is 0.0819. The summed E-state index contributed by atoms with van der Waals surface area (Å²) in [6, 6.07) is 5.75. The van der Waals surface area contributed by atoms with Crippen molar-refractivity contribution in [1.82, 2.24) is 9.88 Å². The Labute approximate surface area is 121 Å². The van der Waals surface area contributed by atoms with Gasteiger partial charge in [0.05, 0.1) is 17.1 Å². The van der Waals surface area contributed by atoms with Crippen LogP contribution in [0.1, 0.15) is 29.1 Å². The van der Waals surface area contributed by atoms with Crippen LogP contribution in [0.5, 0.6) is 0 Å². The van der Waals surface area contributed by atoms with Crippen LogP contribution < -0.4 is 0 Å². The van der Waals surface area contributed by atoms with Gasteiger partial charge in [0.1, 0.15) is 0 Å². The molecule has 0 radical (unpaired) electrons. The molecule has 0 saturated carbocycles. The van der Waals surface area contributed by atoms with Gasteiger partial charge in [0.2, 0.25) is 0 Å². The number of carbonyl (C=O) groups is 1.